The third-order valence-electron chi connectivity index (χ3n) is 5.25. The van der Waals surface area contributed by atoms with E-state index in [2.05, 4.69) is 81.2 Å². The minimum atomic E-state index is 0.188. The van der Waals surface area contributed by atoms with Crippen LogP contribution in [-0.2, 0) is 6.54 Å². The second-order valence-electron chi connectivity index (χ2n) is 7.85. The van der Waals surface area contributed by atoms with Gasteiger partial charge < -0.3 is 10.4 Å². The van der Waals surface area contributed by atoms with Gasteiger partial charge in [-0.3, -0.25) is 4.90 Å². The quantitative estimate of drug-likeness (QED) is 0.609. The Morgan fingerprint density at radius 1 is 0.963 bits per heavy atom. The molecule has 1 atom stereocenters. The summed E-state index contributed by atoms with van der Waals surface area (Å²) in [6.45, 7) is 13.9. The Labute approximate surface area is 165 Å². The molecule has 2 rings (SSSR count). The molecule has 27 heavy (non-hydrogen) atoms. The highest BCUT2D eigenvalue weighted by molar-refractivity contribution is 5.43. The molecule has 0 aliphatic carbocycles. The fourth-order valence-corrected chi connectivity index (χ4v) is 3.84. The summed E-state index contributed by atoms with van der Waals surface area (Å²) in [6.07, 6.45) is 0.985. The highest BCUT2D eigenvalue weighted by Crippen LogP contribution is 2.35. The molecule has 3 heteroatoms. The molecule has 0 spiro atoms. The average Bonchev–Trinajstić information content (AvgIpc) is 2.65. The highest BCUT2D eigenvalue weighted by atomic mass is 16.3. The van der Waals surface area contributed by atoms with Gasteiger partial charge in [-0.05, 0) is 64.4 Å². The molecule has 0 aliphatic rings. The summed E-state index contributed by atoms with van der Waals surface area (Å²) >= 11 is 0. The number of phenolic OH excluding ortho intramolecular Hbond substituents is 1. The number of rotatable bonds is 10. The molecule has 0 saturated heterocycles. The van der Waals surface area contributed by atoms with E-state index in [0.29, 0.717) is 17.8 Å². The fourth-order valence-electron chi connectivity index (χ4n) is 3.84. The minimum absolute atomic E-state index is 0.188. The van der Waals surface area contributed by atoms with Crippen molar-refractivity contribution in [2.75, 3.05) is 13.1 Å². The Hall–Kier alpha value is -1.84. The summed E-state index contributed by atoms with van der Waals surface area (Å²) in [5.41, 5.74) is 3.51. The standard InChI is InChI=1S/C24H36N2O/c1-6-25-17-20-12-13-24(27)23(16-20)22(21-10-8-7-9-11-21)14-15-26(18(2)3)19(4)5/h7-13,16,18-19,22,25,27H,6,14-15,17H2,1-5H3. The first-order valence-corrected chi connectivity index (χ1v) is 10.3. The highest BCUT2D eigenvalue weighted by Gasteiger charge is 2.21. The lowest BCUT2D eigenvalue weighted by Crippen LogP contribution is -2.38. The predicted molar refractivity (Wildman–Crippen MR) is 115 cm³/mol. The molecule has 0 saturated carbocycles. The van der Waals surface area contributed by atoms with E-state index in [1.165, 1.54) is 11.1 Å². The van der Waals surface area contributed by atoms with E-state index in [-0.39, 0.29) is 5.92 Å². The van der Waals surface area contributed by atoms with Crippen molar-refractivity contribution in [2.24, 2.45) is 0 Å². The summed E-state index contributed by atoms with van der Waals surface area (Å²) in [5, 5.41) is 14.0. The molecule has 0 bridgehead atoms. The normalized spacial score (nSPS) is 12.9. The van der Waals surface area contributed by atoms with Crippen molar-refractivity contribution >= 4 is 0 Å². The lowest BCUT2D eigenvalue weighted by molar-refractivity contribution is 0.170. The zero-order valence-corrected chi connectivity index (χ0v) is 17.6. The molecule has 0 aliphatic heterocycles. The van der Waals surface area contributed by atoms with Crippen molar-refractivity contribution in [2.45, 2.75) is 65.6 Å². The second-order valence-corrected chi connectivity index (χ2v) is 7.85. The van der Waals surface area contributed by atoms with Gasteiger partial charge in [0.2, 0.25) is 0 Å². The molecule has 0 fully saturated rings. The van der Waals surface area contributed by atoms with E-state index in [1.807, 2.05) is 12.1 Å². The predicted octanol–water partition coefficient (Wildman–Crippen LogP) is 5.14. The van der Waals surface area contributed by atoms with Gasteiger partial charge in [-0.25, -0.2) is 0 Å². The smallest absolute Gasteiger partial charge is 0.119 e. The molecule has 0 amide bonds. The Kier molecular flexibility index (Phi) is 8.33. The molecule has 1 unspecified atom stereocenters. The summed E-state index contributed by atoms with van der Waals surface area (Å²) in [5.74, 6) is 0.581. The lowest BCUT2D eigenvalue weighted by Gasteiger charge is -2.32. The van der Waals surface area contributed by atoms with Crippen molar-refractivity contribution in [3.05, 3.63) is 65.2 Å². The third kappa shape index (κ3) is 6.08. The van der Waals surface area contributed by atoms with Gasteiger partial charge >= 0.3 is 0 Å². The van der Waals surface area contributed by atoms with Crippen molar-refractivity contribution in [3.8, 4) is 5.75 Å². The SMILES string of the molecule is CCNCc1ccc(O)c(C(CCN(C(C)C)C(C)C)c2ccccc2)c1. The first kappa shape index (κ1) is 21.5. The number of benzene rings is 2. The Bertz CT molecular complexity index is 674. The molecular weight excluding hydrogens is 332 g/mol. The third-order valence-corrected chi connectivity index (χ3v) is 5.25. The van der Waals surface area contributed by atoms with Crippen molar-refractivity contribution in [3.63, 3.8) is 0 Å². The molecule has 0 aromatic heterocycles. The minimum Gasteiger partial charge on any atom is -0.508 e. The molecular formula is C24H36N2O. The number of aromatic hydroxyl groups is 1. The monoisotopic (exact) mass is 368 g/mol. The lowest BCUT2D eigenvalue weighted by atomic mass is 9.86. The van der Waals surface area contributed by atoms with Crippen LogP contribution < -0.4 is 5.32 Å². The van der Waals surface area contributed by atoms with E-state index < -0.39 is 0 Å². The van der Waals surface area contributed by atoms with Crippen LogP contribution in [0.2, 0.25) is 0 Å². The Morgan fingerprint density at radius 2 is 1.63 bits per heavy atom. The maximum absolute atomic E-state index is 10.6. The second kappa shape index (κ2) is 10.5. The molecule has 2 N–H and O–H groups in total. The molecule has 148 valence electrons. The molecule has 0 heterocycles. The first-order valence-electron chi connectivity index (χ1n) is 10.3. The van der Waals surface area contributed by atoms with Crippen LogP contribution in [-0.4, -0.2) is 35.2 Å². The van der Waals surface area contributed by atoms with Gasteiger partial charge in [0.05, 0.1) is 0 Å². The zero-order chi connectivity index (χ0) is 19.8. The van der Waals surface area contributed by atoms with Gasteiger partial charge in [0.1, 0.15) is 5.75 Å². The van der Waals surface area contributed by atoms with E-state index in [4.69, 9.17) is 0 Å². The Balaban J connectivity index is 2.33. The molecule has 3 nitrogen and oxygen atoms in total. The van der Waals surface area contributed by atoms with Gasteiger partial charge in [0.15, 0.2) is 0 Å². The summed E-state index contributed by atoms with van der Waals surface area (Å²) in [4.78, 5) is 2.52. The van der Waals surface area contributed by atoms with Crippen LogP contribution in [0.3, 0.4) is 0 Å². The summed E-state index contributed by atoms with van der Waals surface area (Å²) < 4.78 is 0. The number of phenols is 1. The zero-order valence-electron chi connectivity index (χ0n) is 17.6. The van der Waals surface area contributed by atoms with Crippen molar-refractivity contribution in [1.82, 2.24) is 10.2 Å². The fraction of sp³-hybridized carbons (Fsp3) is 0.500. The van der Waals surface area contributed by atoms with Crippen LogP contribution in [0, 0.1) is 0 Å². The van der Waals surface area contributed by atoms with Crippen molar-refractivity contribution < 1.29 is 5.11 Å². The molecule has 2 aromatic rings. The number of nitrogens with one attached hydrogen (secondary N) is 1. The summed E-state index contributed by atoms with van der Waals surface area (Å²) in [7, 11) is 0. The number of hydrogen-bond donors (Lipinski definition) is 2. The maximum atomic E-state index is 10.6. The van der Waals surface area contributed by atoms with Gasteiger partial charge in [-0.15, -0.1) is 0 Å². The van der Waals surface area contributed by atoms with E-state index >= 15 is 0 Å². The van der Waals surface area contributed by atoms with Crippen LogP contribution in [0.4, 0.5) is 0 Å². The maximum Gasteiger partial charge on any atom is 0.119 e. The van der Waals surface area contributed by atoms with Crippen LogP contribution >= 0.6 is 0 Å². The molecule has 0 radical (unpaired) electrons. The number of nitrogens with zero attached hydrogens (tertiary/aromatic N) is 1. The largest absolute Gasteiger partial charge is 0.508 e. The first-order chi connectivity index (χ1) is 12.9. The van der Waals surface area contributed by atoms with Crippen molar-refractivity contribution in [1.29, 1.82) is 0 Å². The van der Waals surface area contributed by atoms with Crippen LogP contribution in [0.5, 0.6) is 5.75 Å². The van der Waals surface area contributed by atoms with Crippen LogP contribution in [0.25, 0.3) is 0 Å². The van der Waals surface area contributed by atoms with E-state index in [0.717, 1.165) is 31.6 Å². The van der Waals surface area contributed by atoms with Crippen LogP contribution in [0.15, 0.2) is 48.5 Å². The van der Waals surface area contributed by atoms with E-state index in [9.17, 15) is 5.11 Å². The number of hydrogen-bond acceptors (Lipinski definition) is 3. The molecule has 2 aromatic carbocycles. The summed E-state index contributed by atoms with van der Waals surface area (Å²) in [6, 6.07) is 17.6. The topological polar surface area (TPSA) is 35.5 Å². The average molecular weight is 369 g/mol. The Morgan fingerprint density at radius 3 is 2.22 bits per heavy atom. The van der Waals surface area contributed by atoms with Gasteiger partial charge in [0.25, 0.3) is 0 Å². The van der Waals surface area contributed by atoms with Gasteiger partial charge in [-0.2, -0.15) is 0 Å². The van der Waals surface area contributed by atoms with E-state index in [1.54, 1.807) is 0 Å². The van der Waals surface area contributed by atoms with Gasteiger partial charge in [-0.1, -0.05) is 49.4 Å². The van der Waals surface area contributed by atoms with Crippen LogP contribution in [0.1, 0.15) is 63.6 Å². The van der Waals surface area contributed by atoms with Gasteiger partial charge in [0, 0.05) is 30.1 Å².